The number of hydrogen-bond donors (Lipinski definition) is 2. The molecule has 0 atom stereocenters. The van der Waals surface area contributed by atoms with E-state index >= 15 is 0 Å². The third-order valence-electron chi connectivity index (χ3n) is 4.34. The molecule has 2 aromatic carbocycles. The smallest absolute Gasteiger partial charge is 0.271 e. The van der Waals surface area contributed by atoms with Crippen molar-refractivity contribution in [2.45, 2.75) is 13.8 Å². The average Bonchev–Trinajstić information content (AvgIpc) is 2.89. The summed E-state index contributed by atoms with van der Waals surface area (Å²) in [5, 5.41) is 13.9. The lowest BCUT2D eigenvalue weighted by molar-refractivity contribution is 0.0955. The molecule has 0 fully saturated rings. The maximum Gasteiger partial charge on any atom is 0.271 e. The molecule has 0 spiro atoms. The average molecular weight is 649 g/mol. The summed E-state index contributed by atoms with van der Waals surface area (Å²) in [5.74, 6) is -0.352. The fraction of sp³-hybridized carbons (Fsp3) is 0.100. The number of nitrogens with zero attached hydrogens (tertiary/aromatic N) is 2. The number of phenols is 1. The number of halogens is 4. The lowest BCUT2D eigenvalue weighted by Crippen LogP contribution is -2.17. The van der Waals surface area contributed by atoms with E-state index in [0.717, 1.165) is 31.6 Å². The molecule has 0 aliphatic rings. The van der Waals surface area contributed by atoms with Gasteiger partial charge in [0, 0.05) is 37.1 Å². The van der Waals surface area contributed by atoms with Crippen molar-refractivity contribution < 1.29 is 9.90 Å². The van der Waals surface area contributed by atoms with E-state index in [2.05, 4.69) is 78.8 Å². The van der Waals surface area contributed by atoms with Crippen molar-refractivity contribution in [2.75, 3.05) is 0 Å². The summed E-state index contributed by atoms with van der Waals surface area (Å²) in [6.45, 7) is 4.01. The first-order valence-corrected chi connectivity index (χ1v) is 11.5. The van der Waals surface area contributed by atoms with Crippen molar-refractivity contribution in [1.82, 2.24) is 9.99 Å². The van der Waals surface area contributed by atoms with Crippen molar-refractivity contribution in [3.8, 4) is 11.4 Å². The molecule has 150 valence electrons. The molecule has 29 heavy (non-hydrogen) atoms. The number of hydrazone groups is 1. The van der Waals surface area contributed by atoms with Gasteiger partial charge in [-0.1, -0.05) is 15.9 Å². The van der Waals surface area contributed by atoms with Crippen LogP contribution in [0.15, 0.2) is 59.4 Å². The van der Waals surface area contributed by atoms with Gasteiger partial charge in [-0.15, -0.1) is 0 Å². The number of carbonyl (C=O) groups excluding carboxylic acids is 1. The SMILES string of the molecule is Cc1c(Br)c(/C=N\NC(=O)c2cc(Br)c(O)c(Br)c2)c(C)n1-c1ccc(Br)cc1. The number of carbonyl (C=O) groups is 1. The molecule has 0 radical (unpaired) electrons. The number of rotatable bonds is 4. The van der Waals surface area contributed by atoms with Gasteiger partial charge >= 0.3 is 0 Å². The zero-order chi connectivity index (χ0) is 21.3. The van der Waals surface area contributed by atoms with Crippen LogP contribution < -0.4 is 5.43 Å². The molecule has 0 unspecified atom stereocenters. The predicted molar refractivity (Wildman–Crippen MR) is 129 cm³/mol. The zero-order valence-electron chi connectivity index (χ0n) is 15.3. The van der Waals surface area contributed by atoms with Crippen LogP contribution in [-0.2, 0) is 0 Å². The van der Waals surface area contributed by atoms with E-state index in [-0.39, 0.29) is 11.7 Å². The van der Waals surface area contributed by atoms with Crippen LogP contribution in [0.5, 0.6) is 5.75 Å². The molecule has 0 saturated carbocycles. The molecule has 1 aromatic heterocycles. The molecule has 3 rings (SSSR count). The van der Waals surface area contributed by atoms with Crippen LogP contribution in [-0.4, -0.2) is 21.8 Å². The maximum absolute atomic E-state index is 12.4. The lowest BCUT2D eigenvalue weighted by atomic mass is 10.2. The fourth-order valence-corrected chi connectivity index (χ4v) is 4.89. The van der Waals surface area contributed by atoms with E-state index in [1.165, 1.54) is 12.1 Å². The number of hydrogen-bond acceptors (Lipinski definition) is 3. The largest absolute Gasteiger partial charge is 0.506 e. The summed E-state index contributed by atoms with van der Waals surface area (Å²) in [7, 11) is 0. The van der Waals surface area contributed by atoms with E-state index in [9.17, 15) is 9.90 Å². The molecule has 3 aromatic rings. The van der Waals surface area contributed by atoms with Crippen molar-refractivity contribution in [2.24, 2.45) is 5.10 Å². The van der Waals surface area contributed by atoms with Gasteiger partial charge in [-0.3, -0.25) is 4.79 Å². The highest BCUT2D eigenvalue weighted by molar-refractivity contribution is 9.11. The number of aromatic nitrogens is 1. The van der Waals surface area contributed by atoms with E-state index in [1.54, 1.807) is 6.21 Å². The van der Waals surface area contributed by atoms with Gasteiger partial charge in [-0.05, 0) is 98.0 Å². The number of phenolic OH excluding ortho intramolecular Hbond substituents is 1. The Morgan fingerprint density at radius 1 is 1.03 bits per heavy atom. The summed E-state index contributed by atoms with van der Waals surface area (Å²) in [6.07, 6.45) is 1.62. The van der Waals surface area contributed by atoms with Crippen molar-refractivity contribution >= 4 is 75.8 Å². The summed E-state index contributed by atoms with van der Waals surface area (Å²) in [6, 6.07) is 11.1. The van der Waals surface area contributed by atoms with Gasteiger partial charge < -0.3 is 9.67 Å². The minimum Gasteiger partial charge on any atom is -0.506 e. The Morgan fingerprint density at radius 2 is 1.62 bits per heavy atom. The Kier molecular flexibility index (Phi) is 7.03. The quantitative estimate of drug-likeness (QED) is 0.247. The molecule has 0 aliphatic heterocycles. The van der Waals surface area contributed by atoms with Crippen LogP contribution >= 0.6 is 63.7 Å². The first-order chi connectivity index (χ1) is 13.7. The summed E-state index contributed by atoms with van der Waals surface area (Å²) in [5.41, 5.74) is 6.81. The van der Waals surface area contributed by atoms with Crippen LogP contribution in [0, 0.1) is 13.8 Å². The maximum atomic E-state index is 12.4. The highest BCUT2D eigenvalue weighted by Crippen LogP contribution is 2.33. The molecule has 1 heterocycles. The zero-order valence-corrected chi connectivity index (χ0v) is 21.6. The topological polar surface area (TPSA) is 66.6 Å². The van der Waals surface area contributed by atoms with Gasteiger partial charge in [0.15, 0.2) is 0 Å². The minimum atomic E-state index is -0.388. The highest BCUT2D eigenvalue weighted by atomic mass is 79.9. The van der Waals surface area contributed by atoms with Crippen LogP contribution in [0.3, 0.4) is 0 Å². The Balaban J connectivity index is 1.85. The molecule has 5 nitrogen and oxygen atoms in total. The second-order valence-corrected chi connectivity index (χ2v) is 9.62. The van der Waals surface area contributed by atoms with Gasteiger partial charge in [0.25, 0.3) is 5.91 Å². The van der Waals surface area contributed by atoms with Gasteiger partial charge in [0.2, 0.25) is 0 Å². The Bertz CT molecular complexity index is 1100. The van der Waals surface area contributed by atoms with Gasteiger partial charge in [-0.25, -0.2) is 5.43 Å². The molecule has 2 N–H and O–H groups in total. The first kappa shape index (κ1) is 22.3. The molecule has 0 aliphatic carbocycles. The normalized spacial score (nSPS) is 11.2. The second kappa shape index (κ2) is 9.16. The van der Waals surface area contributed by atoms with Crippen molar-refractivity contribution in [1.29, 1.82) is 0 Å². The van der Waals surface area contributed by atoms with E-state index in [0.29, 0.717) is 14.5 Å². The third-order valence-corrected chi connectivity index (χ3v) is 7.08. The summed E-state index contributed by atoms with van der Waals surface area (Å²) < 4.78 is 4.88. The Morgan fingerprint density at radius 3 is 2.21 bits per heavy atom. The van der Waals surface area contributed by atoms with Gasteiger partial charge in [0.1, 0.15) is 5.75 Å². The fourth-order valence-electron chi connectivity index (χ4n) is 2.87. The van der Waals surface area contributed by atoms with Crippen LogP contribution in [0.25, 0.3) is 5.69 Å². The molecule has 0 saturated heterocycles. The first-order valence-electron chi connectivity index (χ1n) is 8.35. The van der Waals surface area contributed by atoms with Crippen molar-refractivity contribution in [3.63, 3.8) is 0 Å². The Labute approximate surface area is 201 Å². The second-order valence-electron chi connectivity index (χ2n) is 6.20. The van der Waals surface area contributed by atoms with Crippen molar-refractivity contribution in [3.05, 3.63) is 76.8 Å². The van der Waals surface area contributed by atoms with Crippen LogP contribution in [0.1, 0.15) is 27.3 Å². The standard InChI is InChI=1S/C20H15Br4N3O2/c1-10-15(18(24)11(2)27(10)14-5-3-13(21)4-6-14)9-25-26-20(29)12-7-16(22)19(28)17(23)8-12/h3-9,28H,1-2H3,(H,26,29)/b25-9-. The van der Waals surface area contributed by atoms with Gasteiger partial charge in [-0.2, -0.15) is 5.10 Å². The number of nitrogens with one attached hydrogen (secondary N) is 1. The van der Waals surface area contributed by atoms with E-state index in [1.807, 2.05) is 38.1 Å². The molecule has 9 heteroatoms. The summed E-state index contributed by atoms with van der Waals surface area (Å²) in [4.78, 5) is 12.4. The highest BCUT2D eigenvalue weighted by Gasteiger charge is 2.16. The number of aromatic hydroxyl groups is 1. The monoisotopic (exact) mass is 645 g/mol. The van der Waals surface area contributed by atoms with E-state index in [4.69, 9.17) is 0 Å². The minimum absolute atomic E-state index is 0.0364. The predicted octanol–water partition coefficient (Wildman–Crippen LogP) is 6.61. The number of benzene rings is 2. The molecule has 1 amide bonds. The Hall–Kier alpha value is -1.42. The third kappa shape index (κ3) is 4.68. The number of amides is 1. The van der Waals surface area contributed by atoms with Crippen LogP contribution in [0.4, 0.5) is 0 Å². The molecular weight excluding hydrogens is 634 g/mol. The van der Waals surface area contributed by atoms with Crippen LogP contribution in [0.2, 0.25) is 0 Å². The summed E-state index contributed by atoms with van der Waals surface area (Å²) >= 11 is 13.5. The van der Waals surface area contributed by atoms with E-state index < -0.39 is 0 Å². The molecule has 0 bridgehead atoms. The van der Waals surface area contributed by atoms with Gasteiger partial charge in [0.05, 0.1) is 15.2 Å². The molecular formula is C20H15Br4N3O2. The lowest BCUT2D eigenvalue weighted by Gasteiger charge is -2.09.